The van der Waals surface area contributed by atoms with Gasteiger partial charge in [-0.25, -0.2) is 4.79 Å². The van der Waals surface area contributed by atoms with E-state index in [2.05, 4.69) is 20.9 Å². The molecule has 3 aromatic rings. The number of hydrogen-bond acceptors (Lipinski definition) is 6. The van der Waals surface area contributed by atoms with Gasteiger partial charge in [0.05, 0.1) is 0 Å². The molecule has 0 spiro atoms. The summed E-state index contributed by atoms with van der Waals surface area (Å²) in [6, 6.07) is 9.55. The fourth-order valence-electron chi connectivity index (χ4n) is 2.11. The van der Waals surface area contributed by atoms with E-state index in [9.17, 15) is 14.9 Å². The van der Waals surface area contributed by atoms with Crippen molar-refractivity contribution in [2.45, 2.75) is 6.61 Å². The van der Waals surface area contributed by atoms with Crippen LogP contribution in [0.1, 0.15) is 5.56 Å². The maximum absolute atomic E-state index is 11.6. The molecule has 0 N–H and O–H groups in total. The fourth-order valence-corrected chi connectivity index (χ4v) is 2.45. The number of nitro groups is 1. The molecule has 7 nitrogen and oxygen atoms in total. The average Bonchev–Trinajstić information content (AvgIpc) is 2.52. The van der Waals surface area contributed by atoms with Crippen molar-refractivity contribution >= 4 is 32.7 Å². The van der Waals surface area contributed by atoms with Crippen molar-refractivity contribution in [3.8, 4) is 5.75 Å². The Morgan fingerprint density at radius 1 is 1.30 bits per heavy atom. The van der Waals surface area contributed by atoms with E-state index in [0.717, 1.165) is 4.47 Å². The summed E-state index contributed by atoms with van der Waals surface area (Å²) in [4.78, 5) is 25.6. The van der Waals surface area contributed by atoms with Gasteiger partial charge in [0.15, 0.2) is 0 Å². The van der Waals surface area contributed by atoms with Gasteiger partial charge in [-0.15, -0.1) is 0 Å². The van der Waals surface area contributed by atoms with E-state index < -0.39 is 10.5 Å². The largest absolute Gasteiger partial charge is 0.481 e. The van der Waals surface area contributed by atoms with Gasteiger partial charge in [-0.1, -0.05) is 15.9 Å². The third-order valence-corrected chi connectivity index (χ3v) is 3.59. The molecule has 2 aromatic heterocycles. The third-order valence-electron chi connectivity index (χ3n) is 3.10. The van der Waals surface area contributed by atoms with Gasteiger partial charge in [-0.3, -0.25) is 0 Å². The molecule has 2 heterocycles. The summed E-state index contributed by atoms with van der Waals surface area (Å²) < 4.78 is 11.4. The Labute approximate surface area is 137 Å². The minimum atomic E-state index is -0.621. The molecule has 8 heteroatoms. The number of ether oxygens (including phenoxy) is 1. The molecule has 0 aliphatic heterocycles. The van der Waals surface area contributed by atoms with E-state index >= 15 is 0 Å². The number of aromatic nitrogens is 1. The number of fused-ring (bicyclic) bond motifs is 1. The highest BCUT2D eigenvalue weighted by atomic mass is 79.9. The van der Waals surface area contributed by atoms with Gasteiger partial charge < -0.3 is 19.3 Å². The molecule has 0 aliphatic carbocycles. The molecular weight excluding hydrogens is 368 g/mol. The van der Waals surface area contributed by atoms with Crippen LogP contribution in [-0.4, -0.2) is 9.91 Å². The lowest BCUT2D eigenvalue weighted by atomic mass is 10.1. The minimum absolute atomic E-state index is 0.0176. The Balaban J connectivity index is 1.97. The molecule has 0 saturated carbocycles. The first-order valence-electron chi connectivity index (χ1n) is 6.49. The van der Waals surface area contributed by atoms with Crippen LogP contribution < -0.4 is 10.4 Å². The van der Waals surface area contributed by atoms with E-state index in [1.165, 1.54) is 24.4 Å². The SMILES string of the molecule is O=c1cc(COc2cccnc2[N+](=O)[O-])c2ccc(Br)cc2o1. The highest BCUT2D eigenvalue weighted by Gasteiger charge is 2.16. The predicted octanol–water partition coefficient (Wildman–Crippen LogP) is 3.44. The lowest BCUT2D eigenvalue weighted by molar-refractivity contribution is -0.390. The molecule has 23 heavy (non-hydrogen) atoms. The smallest absolute Gasteiger partial charge is 0.406 e. The van der Waals surface area contributed by atoms with Crippen LogP contribution in [0.2, 0.25) is 0 Å². The van der Waals surface area contributed by atoms with Gasteiger partial charge in [-0.05, 0) is 40.2 Å². The molecule has 0 radical (unpaired) electrons. The summed E-state index contributed by atoms with van der Waals surface area (Å²) >= 11 is 3.31. The number of rotatable bonds is 4. The number of hydrogen-bond donors (Lipinski definition) is 0. The Morgan fingerprint density at radius 2 is 2.13 bits per heavy atom. The van der Waals surface area contributed by atoms with Crippen LogP contribution in [0.4, 0.5) is 5.82 Å². The zero-order valence-electron chi connectivity index (χ0n) is 11.6. The third kappa shape index (κ3) is 3.21. The van der Waals surface area contributed by atoms with Gasteiger partial charge in [-0.2, -0.15) is 0 Å². The number of pyridine rings is 1. The Kier molecular flexibility index (Phi) is 4.07. The van der Waals surface area contributed by atoms with E-state index in [1.807, 2.05) is 0 Å². The normalized spacial score (nSPS) is 10.7. The second-order valence-electron chi connectivity index (χ2n) is 4.60. The first-order chi connectivity index (χ1) is 11.0. The van der Waals surface area contributed by atoms with E-state index in [4.69, 9.17) is 9.15 Å². The summed E-state index contributed by atoms with van der Waals surface area (Å²) in [6.07, 6.45) is 1.31. The molecule has 0 atom stereocenters. The van der Waals surface area contributed by atoms with E-state index in [-0.39, 0.29) is 18.2 Å². The quantitative estimate of drug-likeness (QED) is 0.393. The van der Waals surface area contributed by atoms with Crippen molar-refractivity contribution in [3.63, 3.8) is 0 Å². The lowest BCUT2D eigenvalue weighted by Gasteiger charge is -2.08. The van der Waals surface area contributed by atoms with Crippen molar-refractivity contribution in [3.05, 3.63) is 73.2 Å². The molecule has 3 rings (SSSR count). The first-order valence-corrected chi connectivity index (χ1v) is 7.28. The maximum Gasteiger partial charge on any atom is 0.406 e. The molecule has 0 bridgehead atoms. The monoisotopic (exact) mass is 376 g/mol. The van der Waals surface area contributed by atoms with Crippen molar-refractivity contribution in [2.75, 3.05) is 0 Å². The van der Waals surface area contributed by atoms with Gasteiger partial charge >= 0.3 is 11.4 Å². The van der Waals surface area contributed by atoms with E-state index in [1.54, 1.807) is 18.2 Å². The highest BCUT2D eigenvalue weighted by Crippen LogP contribution is 2.26. The van der Waals surface area contributed by atoms with Crippen LogP contribution in [0.5, 0.6) is 5.75 Å². The predicted molar refractivity (Wildman–Crippen MR) is 85.4 cm³/mol. The molecule has 0 amide bonds. The maximum atomic E-state index is 11.6. The van der Waals surface area contributed by atoms with Crippen LogP contribution in [0.3, 0.4) is 0 Å². The fraction of sp³-hybridized carbons (Fsp3) is 0.0667. The standard InChI is InChI=1S/C15H9BrN2O5/c16-10-3-4-11-9(6-14(19)23-13(11)7-10)8-22-12-2-1-5-17-15(12)18(20)21/h1-7H,8H2. The lowest BCUT2D eigenvalue weighted by Crippen LogP contribution is -2.05. The molecule has 0 saturated heterocycles. The van der Waals surface area contributed by atoms with E-state index in [0.29, 0.717) is 16.5 Å². The number of halogens is 1. The molecule has 1 aromatic carbocycles. The van der Waals surface area contributed by atoms with Crippen molar-refractivity contribution in [1.82, 2.24) is 4.98 Å². The summed E-state index contributed by atoms with van der Waals surface area (Å²) in [5.74, 6) is -0.335. The van der Waals surface area contributed by atoms with Crippen LogP contribution >= 0.6 is 15.9 Å². The highest BCUT2D eigenvalue weighted by molar-refractivity contribution is 9.10. The molecule has 0 aliphatic rings. The van der Waals surface area contributed by atoms with Crippen LogP contribution in [-0.2, 0) is 6.61 Å². The number of benzene rings is 1. The topological polar surface area (TPSA) is 95.5 Å². The molecule has 0 unspecified atom stereocenters. The summed E-state index contributed by atoms with van der Waals surface area (Å²) in [7, 11) is 0. The zero-order chi connectivity index (χ0) is 16.4. The van der Waals surface area contributed by atoms with Crippen molar-refractivity contribution in [1.29, 1.82) is 0 Å². The summed E-state index contributed by atoms with van der Waals surface area (Å²) in [5.41, 5.74) is 0.461. The molecule has 0 fully saturated rings. The summed E-state index contributed by atoms with van der Waals surface area (Å²) in [5, 5.41) is 11.6. The second kappa shape index (κ2) is 6.17. The van der Waals surface area contributed by atoms with Crippen LogP contribution in [0, 0.1) is 10.1 Å². The van der Waals surface area contributed by atoms with Gasteiger partial charge in [0.25, 0.3) is 0 Å². The zero-order valence-corrected chi connectivity index (χ0v) is 13.1. The van der Waals surface area contributed by atoms with Crippen LogP contribution in [0.25, 0.3) is 11.0 Å². The van der Waals surface area contributed by atoms with Crippen LogP contribution in [0.15, 0.2) is 56.3 Å². The second-order valence-corrected chi connectivity index (χ2v) is 5.52. The average molecular weight is 377 g/mol. The van der Waals surface area contributed by atoms with Gasteiger partial charge in [0, 0.05) is 21.5 Å². The van der Waals surface area contributed by atoms with Crippen molar-refractivity contribution < 1.29 is 14.1 Å². The first kappa shape index (κ1) is 15.2. The summed E-state index contributed by atoms with van der Waals surface area (Å²) in [6.45, 7) is -0.0176. The van der Waals surface area contributed by atoms with Gasteiger partial charge in [0.1, 0.15) is 18.4 Å². The molecule has 116 valence electrons. The minimum Gasteiger partial charge on any atom is -0.481 e. The number of nitrogens with zero attached hydrogens (tertiary/aromatic N) is 2. The van der Waals surface area contributed by atoms with Crippen molar-refractivity contribution in [2.24, 2.45) is 0 Å². The Bertz CT molecular complexity index is 954. The van der Waals surface area contributed by atoms with Gasteiger partial charge in [0.2, 0.25) is 5.75 Å². The Hall–Kier alpha value is -2.74. The molecular formula is C15H9BrN2O5. The Morgan fingerprint density at radius 3 is 2.91 bits per heavy atom.